The number of hydrogen-bond donors (Lipinski definition) is 4. The molecule has 0 unspecified atom stereocenters. The van der Waals surface area contributed by atoms with Crippen molar-refractivity contribution in [2.24, 2.45) is 0 Å². The minimum atomic E-state index is -0.669. The number of carbonyl (C=O) groups excluding carboxylic acids is 1. The van der Waals surface area contributed by atoms with Gasteiger partial charge in [-0.25, -0.2) is 4.79 Å². The van der Waals surface area contributed by atoms with E-state index in [1.165, 1.54) is 5.57 Å². The lowest BCUT2D eigenvalue weighted by Crippen LogP contribution is -2.50. The summed E-state index contributed by atoms with van der Waals surface area (Å²) < 4.78 is 5.54. The summed E-state index contributed by atoms with van der Waals surface area (Å²) in [7, 11) is 1.70. The Morgan fingerprint density at radius 3 is 2.74 bits per heavy atom. The number of ether oxygens (including phenoxy) is 1. The maximum Gasteiger partial charge on any atom is 0.323 e. The molecule has 27 heavy (non-hydrogen) atoms. The number of rotatable bonds is 5. The normalized spacial score (nSPS) is 21.8. The van der Waals surface area contributed by atoms with Gasteiger partial charge in [-0.15, -0.1) is 0 Å². The molecule has 0 spiro atoms. The number of urea groups is 1. The predicted octanol–water partition coefficient (Wildman–Crippen LogP) is 2.63. The van der Waals surface area contributed by atoms with Crippen molar-refractivity contribution < 1.29 is 14.6 Å². The van der Waals surface area contributed by atoms with Crippen LogP contribution in [0.3, 0.4) is 0 Å². The molecule has 1 aliphatic carbocycles. The second-order valence-corrected chi connectivity index (χ2v) is 7.83. The van der Waals surface area contributed by atoms with Gasteiger partial charge in [-0.3, -0.25) is 5.32 Å². The van der Waals surface area contributed by atoms with Crippen molar-refractivity contribution in [2.45, 2.75) is 64.4 Å². The lowest BCUT2D eigenvalue weighted by atomic mass is 9.93. The fourth-order valence-corrected chi connectivity index (χ4v) is 3.75. The van der Waals surface area contributed by atoms with Crippen LogP contribution in [-0.4, -0.2) is 41.8 Å². The van der Waals surface area contributed by atoms with Crippen molar-refractivity contribution in [3.8, 4) is 0 Å². The largest absolute Gasteiger partial charge is 0.499 e. The standard InChI is InChI=1S/C20H32N4O3/c1-4-5-6-14-7-8-15(27-3)18-17(14)22-16(13-21-18)23-19(25)24-11-9-20(2,26)10-12-24/h13,21-22,26H,4-12H2,1-3H3,(H,23,25). The van der Waals surface area contributed by atoms with Gasteiger partial charge in [0.05, 0.1) is 18.4 Å². The van der Waals surface area contributed by atoms with Crippen LogP contribution >= 0.6 is 0 Å². The Balaban J connectivity index is 1.69. The Bertz CT molecular complexity index is 669. The summed E-state index contributed by atoms with van der Waals surface area (Å²) >= 11 is 0. The van der Waals surface area contributed by atoms with Gasteiger partial charge in [0, 0.05) is 25.7 Å². The van der Waals surface area contributed by atoms with E-state index in [9.17, 15) is 9.90 Å². The molecule has 3 aliphatic rings. The average molecular weight is 377 g/mol. The first kappa shape index (κ1) is 19.6. The summed E-state index contributed by atoms with van der Waals surface area (Å²) in [6.45, 7) is 5.14. The van der Waals surface area contributed by atoms with Gasteiger partial charge in [0.25, 0.3) is 0 Å². The first-order valence-corrected chi connectivity index (χ1v) is 9.95. The van der Waals surface area contributed by atoms with Crippen LogP contribution in [0.2, 0.25) is 0 Å². The van der Waals surface area contributed by atoms with Gasteiger partial charge >= 0.3 is 6.03 Å². The first-order valence-electron chi connectivity index (χ1n) is 9.95. The van der Waals surface area contributed by atoms with Gasteiger partial charge in [-0.05, 0) is 44.6 Å². The third kappa shape index (κ3) is 4.58. The van der Waals surface area contributed by atoms with E-state index in [0.717, 1.165) is 49.3 Å². The van der Waals surface area contributed by atoms with E-state index in [0.29, 0.717) is 31.8 Å². The zero-order valence-electron chi connectivity index (χ0n) is 16.7. The molecule has 2 aliphatic heterocycles. The van der Waals surface area contributed by atoms with E-state index in [-0.39, 0.29) is 6.03 Å². The molecule has 0 bridgehead atoms. The van der Waals surface area contributed by atoms with Crippen LogP contribution < -0.4 is 16.0 Å². The first-order chi connectivity index (χ1) is 12.9. The van der Waals surface area contributed by atoms with Crippen molar-refractivity contribution in [1.29, 1.82) is 0 Å². The molecule has 150 valence electrons. The van der Waals surface area contributed by atoms with Crippen LogP contribution in [0.4, 0.5) is 4.79 Å². The van der Waals surface area contributed by atoms with Crippen LogP contribution in [0.5, 0.6) is 0 Å². The summed E-state index contributed by atoms with van der Waals surface area (Å²) in [5.74, 6) is 1.58. The quantitative estimate of drug-likeness (QED) is 0.593. The topological polar surface area (TPSA) is 85.9 Å². The number of likely N-dealkylation sites (tertiary alicyclic amines) is 1. The molecular formula is C20H32N4O3. The number of unbranched alkanes of at least 4 members (excludes halogenated alkanes) is 1. The highest BCUT2D eigenvalue weighted by Crippen LogP contribution is 2.32. The van der Waals surface area contributed by atoms with Crippen molar-refractivity contribution in [1.82, 2.24) is 20.9 Å². The molecule has 4 N–H and O–H groups in total. The number of nitrogens with zero attached hydrogens (tertiary/aromatic N) is 1. The number of piperidine rings is 1. The third-order valence-corrected chi connectivity index (χ3v) is 5.60. The summed E-state index contributed by atoms with van der Waals surface area (Å²) in [4.78, 5) is 14.3. The molecule has 7 heteroatoms. The van der Waals surface area contributed by atoms with Gasteiger partial charge in [0.1, 0.15) is 17.3 Å². The van der Waals surface area contributed by atoms with Gasteiger partial charge in [0.2, 0.25) is 0 Å². The summed E-state index contributed by atoms with van der Waals surface area (Å²) in [5, 5.41) is 19.7. The maximum atomic E-state index is 12.6. The number of fused-ring (bicyclic) bond motifs is 1. The number of aliphatic hydroxyl groups is 1. The monoisotopic (exact) mass is 376 g/mol. The summed E-state index contributed by atoms with van der Waals surface area (Å²) in [6.07, 6.45) is 8.18. The Hall–Kier alpha value is -2.15. The summed E-state index contributed by atoms with van der Waals surface area (Å²) in [6, 6.07) is -0.142. The highest BCUT2D eigenvalue weighted by atomic mass is 16.5. The molecule has 0 aromatic heterocycles. The summed E-state index contributed by atoms with van der Waals surface area (Å²) in [5.41, 5.74) is 2.71. The number of hydrogen-bond acceptors (Lipinski definition) is 5. The van der Waals surface area contributed by atoms with E-state index in [2.05, 4.69) is 22.9 Å². The number of nitrogens with one attached hydrogen (secondary N) is 3. The van der Waals surface area contributed by atoms with Crippen LogP contribution in [0, 0.1) is 0 Å². The van der Waals surface area contributed by atoms with E-state index in [1.54, 1.807) is 18.2 Å². The number of allylic oxidation sites excluding steroid dienone is 2. The Labute approximate surface area is 161 Å². The second-order valence-electron chi connectivity index (χ2n) is 7.83. The lowest BCUT2D eigenvalue weighted by molar-refractivity contribution is 0.00459. The van der Waals surface area contributed by atoms with Gasteiger partial charge < -0.3 is 25.4 Å². The third-order valence-electron chi connectivity index (χ3n) is 5.60. The van der Waals surface area contributed by atoms with Crippen molar-refractivity contribution in [2.75, 3.05) is 20.2 Å². The van der Waals surface area contributed by atoms with Crippen molar-refractivity contribution in [3.05, 3.63) is 34.7 Å². The van der Waals surface area contributed by atoms with E-state index < -0.39 is 5.60 Å². The Morgan fingerprint density at radius 1 is 1.33 bits per heavy atom. The molecule has 1 fully saturated rings. The highest BCUT2D eigenvalue weighted by Gasteiger charge is 2.31. The number of carbonyl (C=O) groups is 1. The zero-order chi connectivity index (χ0) is 19.4. The Kier molecular flexibility index (Phi) is 5.99. The molecule has 0 aromatic carbocycles. The second kappa shape index (κ2) is 8.25. The SMILES string of the molecule is CCCCC1=C2NC(NC(=O)N3CCC(C)(O)CC3)=CNC2=C(OC)CC1. The van der Waals surface area contributed by atoms with Gasteiger partial charge in [-0.2, -0.15) is 0 Å². The molecule has 0 saturated carbocycles. The van der Waals surface area contributed by atoms with Crippen LogP contribution in [0.15, 0.2) is 34.7 Å². The Morgan fingerprint density at radius 2 is 2.07 bits per heavy atom. The molecule has 2 heterocycles. The van der Waals surface area contributed by atoms with Crippen LogP contribution in [0.1, 0.15) is 58.8 Å². The van der Waals surface area contributed by atoms with Crippen molar-refractivity contribution >= 4 is 6.03 Å². The number of methoxy groups -OCH3 is 1. The van der Waals surface area contributed by atoms with Gasteiger partial charge in [0.15, 0.2) is 0 Å². The maximum absolute atomic E-state index is 12.6. The van der Waals surface area contributed by atoms with E-state index in [1.807, 2.05) is 6.92 Å². The average Bonchev–Trinajstić information content (AvgIpc) is 2.65. The molecule has 0 radical (unpaired) electrons. The van der Waals surface area contributed by atoms with Gasteiger partial charge in [-0.1, -0.05) is 13.3 Å². The van der Waals surface area contributed by atoms with E-state index in [4.69, 9.17) is 4.74 Å². The van der Waals surface area contributed by atoms with Crippen LogP contribution in [-0.2, 0) is 4.74 Å². The molecule has 0 atom stereocenters. The molecule has 7 nitrogen and oxygen atoms in total. The highest BCUT2D eigenvalue weighted by molar-refractivity contribution is 5.76. The number of amides is 2. The van der Waals surface area contributed by atoms with Crippen LogP contribution in [0.25, 0.3) is 0 Å². The lowest BCUT2D eigenvalue weighted by Gasteiger charge is -2.36. The van der Waals surface area contributed by atoms with Crippen molar-refractivity contribution in [3.63, 3.8) is 0 Å². The van der Waals surface area contributed by atoms with E-state index >= 15 is 0 Å². The minimum absolute atomic E-state index is 0.142. The molecule has 0 aromatic rings. The minimum Gasteiger partial charge on any atom is -0.499 e. The molecule has 2 amide bonds. The fraction of sp³-hybridized carbons (Fsp3) is 0.650. The molecular weight excluding hydrogens is 344 g/mol. The molecule has 1 saturated heterocycles. The predicted molar refractivity (Wildman–Crippen MR) is 104 cm³/mol. The molecule has 3 rings (SSSR count). The smallest absolute Gasteiger partial charge is 0.323 e. The zero-order valence-corrected chi connectivity index (χ0v) is 16.7. The fourth-order valence-electron chi connectivity index (χ4n) is 3.75.